The van der Waals surface area contributed by atoms with Gasteiger partial charge in [0.1, 0.15) is 0 Å². The van der Waals surface area contributed by atoms with Gasteiger partial charge in [-0.3, -0.25) is 9.59 Å². The number of ketones is 2. The van der Waals surface area contributed by atoms with E-state index in [4.69, 9.17) is 21.8 Å². The van der Waals surface area contributed by atoms with Crippen LogP contribution in [0, 0.1) is 0 Å². The average Bonchev–Trinajstić information content (AvgIpc) is 2.66. The first-order chi connectivity index (χ1) is 14.9. The number of methoxy groups -OCH3 is 2. The highest BCUT2D eigenvalue weighted by Gasteiger charge is 2.34. The van der Waals surface area contributed by atoms with Crippen molar-refractivity contribution in [2.75, 3.05) is 20.8 Å². The minimum atomic E-state index is -3.33. The molecular weight excluding hydrogens is 308 g/mol. The Hall–Kier alpha value is -1.62. The third-order valence-corrected chi connectivity index (χ3v) is 3.70. The van der Waals surface area contributed by atoms with E-state index in [0.29, 0.717) is 25.7 Å². The van der Waals surface area contributed by atoms with Gasteiger partial charge in [0.2, 0.25) is 23.1 Å². The molecule has 1 aliphatic rings. The molecule has 1 rings (SSSR count). The van der Waals surface area contributed by atoms with Crippen LogP contribution in [0.3, 0.4) is 0 Å². The molecule has 0 aliphatic heterocycles. The van der Waals surface area contributed by atoms with Gasteiger partial charge in [-0.1, -0.05) is 38.5 Å². The fourth-order valence-electron chi connectivity index (χ4n) is 2.46. The summed E-state index contributed by atoms with van der Waals surface area (Å²) in [6.07, 6.45) is -3.78. The van der Waals surface area contributed by atoms with Crippen LogP contribution in [0.25, 0.3) is 0 Å². The molecule has 1 N–H and O–H groups in total. The Kier molecular flexibility index (Phi) is 4.77. The summed E-state index contributed by atoms with van der Waals surface area (Å²) in [7, 11) is 2.32. The van der Waals surface area contributed by atoms with Gasteiger partial charge in [0.25, 0.3) is 0 Å². The zero-order valence-corrected chi connectivity index (χ0v) is 14.0. The number of carbonyl (C=O) groups is 2. The fourth-order valence-corrected chi connectivity index (χ4v) is 2.46. The first kappa shape index (κ1) is 10.4. The molecule has 0 bridgehead atoms. The Morgan fingerprint density at radius 2 is 1.50 bits per heavy atom. The van der Waals surface area contributed by atoms with Crippen molar-refractivity contribution in [2.24, 2.45) is 0 Å². The predicted molar refractivity (Wildman–Crippen MR) is 92.4 cm³/mol. The van der Waals surface area contributed by atoms with E-state index in [1.54, 1.807) is 0 Å². The molecule has 5 nitrogen and oxygen atoms in total. The third kappa shape index (κ3) is 5.48. The van der Waals surface area contributed by atoms with Crippen LogP contribution >= 0.6 is 0 Å². The summed E-state index contributed by atoms with van der Waals surface area (Å²) in [5.41, 5.74) is -0.730. The van der Waals surface area contributed by atoms with E-state index in [1.807, 2.05) is 0 Å². The van der Waals surface area contributed by atoms with Gasteiger partial charge in [0, 0.05) is 27.3 Å². The SMILES string of the molecule is [2H]C([2H])([2H])C1=C(CCCCCCCC([2H])([2H])C([2H])([2H])C([2H])([2H])O)C(=O)C(OC)=C(OC)C1=O. The number of allylic oxidation sites excluding steroid dienone is 2. The molecule has 0 saturated heterocycles. The molecule has 0 unspecified atom stereocenters. The normalized spacial score (nSPS) is 23.2. The van der Waals surface area contributed by atoms with E-state index in [9.17, 15) is 14.7 Å². The van der Waals surface area contributed by atoms with Gasteiger partial charge in [-0.15, -0.1) is 0 Å². The van der Waals surface area contributed by atoms with Crippen LogP contribution in [0.15, 0.2) is 22.7 Å². The Balaban J connectivity index is 2.72. The Labute approximate surface area is 157 Å². The van der Waals surface area contributed by atoms with Crippen molar-refractivity contribution in [3.8, 4) is 0 Å². The number of Topliss-reactive ketones (excluding diaryl/α,β-unsaturated/α-hetero) is 2. The standard InChI is InChI=1S/C19H30O5/c1-14-15(12-10-8-6-4-5-7-9-11-13-20)17(22)19(24-3)18(23-2)16(14)21/h20H,4-13H2,1-3H3/i1D3,9D2,11D2,13D2. The Bertz CT molecular complexity index is 807. The average molecular weight is 347 g/mol. The topological polar surface area (TPSA) is 72.8 Å². The second kappa shape index (κ2) is 11.0. The summed E-state index contributed by atoms with van der Waals surface area (Å²) in [5.74, 6) is -2.41. The van der Waals surface area contributed by atoms with Crippen LogP contribution < -0.4 is 0 Å². The van der Waals surface area contributed by atoms with Crippen molar-refractivity contribution < 1.29 is 36.5 Å². The van der Waals surface area contributed by atoms with Crippen LogP contribution in [0.1, 0.15) is 76.9 Å². The van der Waals surface area contributed by atoms with Crippen LogP contribution in [-0.4, -0.2) is 37.5 Å². The number of hydrogen-bond donors (Lipinski definition) is 1. The maximum Gasteiger partial charge on any atom is 0.228 e. The molecule has 24 heavy (non-hydrogen) atoms. The minimum Gasteiger partial charge on any atom is -0.489 e. The highest BCUT2D eigenvalue weighted by atomic mass is 16.5. The van der Waals surface area contributed by atoms with E-state index < -0.39 is 49.1 Å². The summed E-state index contributed by atoms with van der Waals surface area (Å²) in [6, 6.07) is 0. The molecule has 0 fully saturated rings. The molecule has 0 aromatic rings. The first-order valence-electron chi connectivity index (χ1n) is 12.3. The molecular formula is C19H30O5. The van der Waals surface area contributed by atoms with Gasteiger partial charge >= 0.3 is 0 Å². The van der Waals surface area contributed by atoms with Crippen molar-refractivity contribution in [1.29, 1.82) is 0 Å². The molecule has 0 heterocycles. The zero-order valence-electron chi connectivity index (χ0n) is 23.0. The van der Waals surface area contributed by atoms with E-state index in [2.05, 4.69) is 0 Å². The summed E-state index contributed by atoms with van der Waals surface area (Å²) in [4.78, 5) is 25.3. The highest BCUT2D eigenvalue weighted by molar-refractivity contribution is 6.23. The number of ether oxygens (including phenoxy) is 2. The minimum absolute atomic E-state index is 0.0241. The molecule has 1 aliphatic carbocycles. The highest BCUT2D eigenvalue weighted by Crippen LogP contribution is 2.28. The lowest BCUT2D eigenvalue weighted by Crippen LogP contribution is -2.25. The summed E-state index contributed by atoms with van der Waals surface area (Å²) in [6.45, 7) is -6.14. The van der Waals surface area contributed by atoms with Crippen LogP contribution in [0.2, 0.25) is 0 Å². The number of carbonyl (C=O) groups excluding carboxylic acids is 2. The number of unbranched alkanes of at least 4 members (excludes halogenated alkanes) is 4. The van der Waals surface area contributed by atoms with Crippen LogP contribution in [0.4, 0.5) is 0 Å². The lowest BCUT2D eigenvalue weighted by atomic mass is 9.89. The molecule has 0 aromatic heterocycles. The molecule has 0 radical (unpaired) electrons. The molecule has 0 aromatic carbocycles. The maximum absolute atomic E-state index is 12.7. The van der Waals surface area contributed by atoms with Crippen molar-refractivity contribution in [3.63, 3.8) is 0 Å². The van der Waals surface area contributed by atoms with Crippen LogP contribution in [-0.2, 0) is 19.1 Å². The molecule has 0 atom stereocenters. The van der Waals surface area contributed by atoms with Crippen molar-refractivity contribution in [2.45, 2.75) is 64.5 Å². The monoisotopic (exact) mass is 347 g/mol. The quantitative estimate of drug-likeness (QED) is 0.432. The lowest BCUT2D eigenvalue weighted by molar-refractivity contribution is -0.121. The van der Waals surface area contributed by atoms with E-state index in [0.717, 1.165) is 7.11 Å². The van der Waals surface area contributed by atoms with Gasteiger partial charge in [-0.2, -0.15) is 0 Å². The Morgan fingerprint density at radius 3 is 2.08 bits per heavy atom. The van der Waals surface area contributed by atoms with Gasteiger partial charge in [-0.25, -0.2) is 0 Å². The van der Waals surface area contributed by atoms with Crippen molar-refractivity contribution in [3.05, 3.63) is 22.7 Å². The van der Waals surface area contributed by atoms with Crippen LogP contribution in [0.5, 0.6) is 0 Å². The van der Waals surface area contributed by atoms with Gasteiger partial charge < -0.3 is 14.6 Å². The largest absolute Gasteiger partial charge is 0.489 e. The molecule has 0 spiro atoms. The fraction of sp³-hybridized carbons (Fsp3) is 0.684. The predicted octanol–water partition coefficient (Wildman–Crippen LogP) is 3.46. The van der Waals surface area contributed by atoms with Gasteiger partial charge in [0.05, 0.1) is 17.0 Å². The van der Waals surface area contributed by atoms with E-state index in [-0.39, 0.29) is 30.6 Å². The summed E-state index contributed by atoms with van der Waals surface area (Å²) >= 11 is 0. The van der Waals surface area contributed by atoms with Gasteiger partial charge in [0.15, 0.2) is 0 Å². The summed E-state index contributed by atoms with van der Waals surface area (Å²) in [5, 5.41) is 9.27. The van der Waals surface area contributed by atoms with E-state index >= 15 is 0 Å². The zero-order chi connectivity index (χ0) is 25.8. The number of aliphatic hydroxyl groups is 1. The lowest BCUT2D eigenvalue weighted by Gasteiger charge is -2.20. The second-order valence-corrected chi connectivity index (χ2v) is 5.26. The smallest absolute Gasteiger partial charge is 0.228 e. The molecule has 136 valence electrons. The summed E-state index contributed by atoms with van der Waals surface area (Å²) < 4.78 is 77.6. The first-order valence-corrected chi connectivity index (χ1v) is 7.81. The van der Waals surface area contributed by atoms with Crippen molar-refractivity contribution >= 4 is 11.6 Å². The molecule has 0 amide bonds. The molecule has 0 saturated carbocycles. The number of rotatable bonds is 12. The number of hydrogen-bond acceptors (Lipinski definition) is 5. The third-order valence-electron chi connectivity index (χ3n) is 3.70. The molecule has 5 heteroatoms. The maximum atomic E-state index is 12.7. The Morgan fingerprint density at radius 1 is 0.917 bits per heavy atom. The second-order valence-electron chi connectivity index (χ2n) is 5.26. The van der Waals surface area contributed by atoms with Gasteiger partial charge in [-0.05, 0) is 26.1 Å². The van der Waals surface area contributed by atoms with E-state index in [1.165, 1.54) is 7.11 Å². The van der Waals surface area contributed by atoms with Crippen molar-refractivity contribution in [1.82, 2.24) is 0 Å².